The van der Waals surface area contributed by atoms with E-state index >= 15 is 0 Å². The number of aromatic nitrogens is 2. The quantitative estimate of drug-likeness (QED) is 0.133. The summed E-state index contributed by atoms with van der Waals surface area (Å²) in [7, 11) is 2.16. The minimum Gasteiger partial charge on any atom is -0.480 e. The standard InChI is InChI=1S/C44H44F2N6O6/c1-26-33(7-4-9-35(26)41-48-13-12-28(15-29(18-47)23-56-41)19-51-21-31(22-51)50(3)32-24-55-25-32)34-8-5-10-36(27(34)2)42-49-37-16-30(20-52-14-6-11-38(52)43(53)54)39(58-44(45)46)17-40(37)57-42/h4-5,7-10,12-13,15-17,23,31-32,38,44H,6,11,14,19-22,24-25H2,1-3H3,(H,53,54)/t38-/m0/s1. The third kappa shape index (κ3) is 8.03. The van der Waals surface area contributed by atoms with Gasteiger partial charge in [0.2, 0.25) is 11.8 Å². The number of halogens is 2. The van der Waals surface area contributed by atoms with E-state index in [4.69, 9.17) is 28.3 Å². The number of hydrogen-bond donors (Lipinski definition) is 1. The third-order valence-corrected chi connectivity index (χ3v) is 11.6. The van der Waals surface area contributed by atoms with Crippen LogP contribution in [0.3, 0.4) is 0 Å². The first kappa shape index (κ1) is 39.1. The molecular formula is C44H44F2N6O6. The molecule has 0 radical (unpaired) electrons. The maximum atomic E-state index is 13.5. The number of carboxylic acids is 1. The molecule has 1 N–H and O–H groups in total. The maximum absolute atomic E-state index is 13.5. The van der Waals surface area contributed by atoms with Gasteiger partial charge in [0.1, 0.15) is 29.6 Å². The summed E-state index contributed by atoms with van der Waals surface area (Å²) in [6.07, 6.45) is 4.34. The predicted octanol–water partition coefficient (Wildman–Crippen LogP) is 7.59. The number of nitriles is 1. The van der Waals surface area contributed by atoms with Crippen molar-refractivity contribution in [2.45, 2.75) is 64.5 Å². The van der Waals surface area contributed by atoms with Gasteiger partial charge in [0.15, 0.2) is 5.58 Å². The number of carboxylic acid groups (broad SMARTS) is 1. The lowest BCUT2D eigenvalue weighted by Crippen LogP contribution is -2.63. The molecule has 0 unspecified atom stereocenters. The lowest BCUT2D eigenvalue weighted by Gasteiger charge is -2.48. The molecule has 1 atom stereocenters. The second-order valence-corrected chi connectivity index (χ2v) is 15.2. The van der Waals surface area contributed by atoms with Crippen molar-refractivity contribution in [2.75, 3.05) is 39.9 Å². The molecule has 3 saturated heterocycles. The Labute approximate surface area is 334 Å². The van der Waals surface area contributed by atoms with Crippen LogP contribution in [0.25, 0.3) is 45.1 Å². The van der Waals surface area contributed by atoms with Gasteiger partial charge in [-0.1, -0.05) is 24.3 Å². The van der Waals surface area contributed by atoms with Crippen LogP contribution in [-0.2, 0) is 22.6 Å². The molecule has 3 aliphatic heterocycles. The van der Waals surface area contributed by atoms with E-state index in [-0.39, 0.29) is 17.9 Å². The first-order valence-electron chi connectivity index (χ1n) is 19.4. The molecule has 3 aromatic carbocycles. The van der Waals surface area contributed by atoms with Crippen molar-refractivity contribution in [3.05, 3.63) is 101 Å². The fourth-order valence-corrected chi connectivity index (χ4v) is 8.14. The summed E-state index contributed by atoms with van der Waals surface area (Å²) in [6, 6.07) is 21.0. The van der Waals surface area contributed by atoms with Crippen molar-refractivity contribution in [3.63, 3.8) is 0 Å². The molecular weight excluding hydrogens is 747 g/mol. The fraction of sp³-hybridized carbons (Fsp3) is 0.364. The number of likely N-dealkylation sites (N-methyl/N-ethyl adjacent to an activating group) is 1. The average Bonchev–Trinajstić information content (AvgIpc) is 3.81. The van der Waals surface area contributed by atoms with Crippen LogP contribution in [0.4, 0.5) is 8.78 Å². The summed E-state index contributed by atoms with van der Waals surface area (Å²) in [6.45, 7) is 5.69. The maximum Gasteiger partial charge on any atom is 0.387 e. The fourth-order valence-electron chi connectivity index (χ4n) is 8.14. The lowest BCUT2D eigenvalue weighted by atomic mass is 9.91. The van der Waals surface area contributed by atoms with Gasteiger partial charge in [0.05, 0.1) is 24.8 Å². The van der Waals surface area contributed by atoms with Crippen LogP contribution in [0.5, 0.6) is 5.75 Å². The van der Waals surface area contributed by atoms with Gasteiger partial charge in [0, 0.05) is 61.2 Å². The summed E-state index contributed by atoms with van der Waals surface area (Å²) in [5.74, 6) is -0.381. The number of benzene rings is 3. The predicted molar refractivity (Wildman–Crippen MR) is 211 cm³/mol. The minimum atomic E-state index is -3.08. The van der Waals surface area contributed by atoms with E-state index in [1.807, 2.05) is 62.4 Å². The molecule has 14 heteroatoms. The molecule has 5 aromatic rings. The largest absolute Gasteiger partial charge is 0.480 e. The molecule has 58 heavy (non-hydrogen) atoms. The Hall–Kier alpha value is -5.72. The van der Waals surface area contributed by atoms with Gasteiger partial charge in [-0.25, -0.2) is 9.97 Å². The normalized spacial score (nSPS) is 17.7. The smallest absolute Gasteiger partial charge is 0.387 e. The average molecular weight is 791 g/mol. The van der Waals surface area contributed by atoms with Crippen LogP contribution in [-0.4, -0.2) is 100 Å². The van der Waals surface area contributed by atoms with Crippen LogP contribution < -0.4 is 4.74 Å². The van der Waals surface area contributed by atoms with Crippen molar-refractivity contribution in [2.24, 2.45) is 0 Å². The highest BCUT2D eigenvalue weighted by atomic mass is 19.3. The van der Waals surface area contributed by atoms with Crippen molar-refractivity contribution in [1.82, 2.24) is 24.7 Å². The zero-order valence-electron chi connectivity index (χ0n) is 32.5. The van der Waals surface area contributed by atoms with Crippen molar-refractivity contribution in [3.8, 4) is 45.9 Å². The number of likely N-dealkylation sites (tertiary alicyclic amines) is 2. The third-order valence-electron chi connectivity index (χ3n) is 11.6. The van der Waals surface area contributed by atoms with E-state index < -0.39 is 18.6 Å². The lowest BCUT2D eigenvalue weighted by molar-refractivity contribution is -0.142. The number of ether oxygens (including phenoxy) is 2. The zero-order chi connectivity index (χ0) is 40.5. The topological polar surface area (TPSA) is 141 Å². The van der Waals surface area contributed by atoms with Crippen LogP contribution >= 0.6 is 0 Å². The van der Waals surface area contributed by atoms with Gasteiger partial charge < -0.3 is 23.4 Å². The van der Waals surface area contributed by atoms with Crippen LogP contribution in [0.15, 0.2) is 82.0 Å². The van der Waals surface area contributed by atoms with Crippen LogP contribution in [0, 0.1) is 25.2 Å². The molecule has 8 rings (SSSR count). The van der Waals surface area contributed by atoms with Gasteiger partial charge in [-0.3, -0.25) is 19.5 Å². The van der Waals surface area contributed by atoms with E-state index in [0.717, 1.165) is 59.7 Å². The Morgan fingerprint density at radius 2 is 1.71 bits per heavy atom. The highest BCUT2D eigenvalue weighted by molar-refractivity contribution is 5.84. The molecule has 0 amide bonds. The Bertz CT molecular complexity index is 2430. The number of rotatable bonds is 12. The Morgan fingerprint density at radius 3 is 2.36 bits per heavy atom. The highest BCUT2D eigenvalue weighted by Gasteiger charge is 2.36. The van der Waals surface area contributed by atoms with Gasteiger partial charge in [-0.2, -0.15) is 14.0 Å². The first-order chi connectivity index (χ1) is 28.1. The number of hydrogen-bond acceptors (Lipinski definition) is 11. The molecule has 0 bridgehead atoms. The number of nitrogens with zero attached hydrogens (tertiary/aromatic N) is 6. The van der Waals surface area contributed by atoms with E-state index in [2.05, 4.69) is 22.9 Å². The molecule has 3 fully saturated rings. The summed E-state index contributed by atoms with van der Waals surface area (Å²) in [5, 5.41) is 19.7. The van der Waals surface area contributed by atoms with E-state index in [1.165, 1.54) is 12.3 Å². The first-order valence-corrected chi connectivity index (χ1v) is 19.4. The molecule has 0 saturated carbocycles. The van der Waals surface area contributed by atoms with Crippen molar-refractivity contribution < 1.29 is 37.0 Å². The van der Waals surface area contributed by atoms with Gasteiger partial charge in [-0.15, -0.1) is 0 Å². The molecule has 0 aliphatic carbocycles. The SMILES string of the molecule is Cc1c(-c2nccc(CN3CC(N(C)C4COC4)C3)cc(C#N)co2)cccc1-c1cccc(-c2nc3cc(CN4CCC[C@H]4C(=O)O)c(OC(F)F)cc3o2)c1C. The van der Waals surface area contributed by atoms with E-state index in [0.29, 0.717) is 72.0 Å². The summed E-state index contributed by atoms with van der Waals surface area (Å²) < 4.78 is 49.6. The van der Waals surface area contributed by atoms with Gasteiger partial charge >= 0.3 is 12.6 Å². The molecule has 2 aromatic heterocycles. The summed E-state index contributed by atoms with van der Waals surface area (Å²) >= 11 is 0. The molecule has 3 aliphatic rings. The number of oxazole rings is 1. The number of alkyl halides is 2. The summed E-state index contributed by atoms with van der Waals surface area (Å²) in [5.41, 5.74) is 7.51. The zero-order valence-corrected chi connectivity index (χ0v) is 32.5. The Kier molecular flexibility index (Phi) is 11.2. The number of carbonyl (C=O) groups is 1. The Morgan fingerprint density at radius 1 is 1.00 bits per heavy atom. The minimum absolute atomic E-state index is 0.0826. The van der Waals surface area contributed by atoms with Crippen molar-refractivity contribution >= 4 is 17.1 Å². The van der Waals surface area contributed by atoms with E-state index in [1.54, 1.807) is 17.2 Å². The molecule has 0 spiro atoms. The van der Waals surface area contributed by atoms with Gasteiger partial charge in [0.25, 0.3) is 0 Å². The number of fused-ring (bicyclic) bond motifs is 1. The molecule has 12 nitrogen and oxygen atoms in total. The Balaban J connectivity index is 1.07. The van der Waals surface area contributed by atoms with E-state index in [9.17, 15) is 23.9 Å². The second-order valence-electron chi connectivity index (χ2n) is 15.2. The molecule has 5 heterocycles. The monoisotopic (exact) mass is 790 g/mol. The summed E-state index contributed by atoms with van der Waals surface area (Å²) in [4.78, 5) is 27.8. The highest BCUT2D eigenvalue weighted by Crippen LogP contribution is 2.38. The molecule has 300 valence electrons. The van der Waals surface area contributed by atoms with Crippen molar-refractivity contribution in [1.29, 1.82) is 5.26 Å². The second kappa shape index (κ2) is 16.6. The van der Waals surface area contributed by atoms with Crippen LogP contribution in [0.1, 0.15) is 40.7 Å². The van der Waals surface area contributed by atoms with Gasteiger partial charge in [-0.05, 0) is 98.4 Å². The number of aliphatic carboxylic acids is 1. The van der Waals surface area contributed by atoms with Crippen LogP contribution in [0.2, 0.25) is 0 Å².